The number of rotatable bonds is 5. The smallest absolute Gasteiger partial charge is 0.341 e. The highest BCUT2D eigenvalue weighted by Crippen LogP contribution is 2.04. The number of hydrogen-bond acceptors (Lipinski definition) is 5. The van der Waals surface area contributed by atoms with E-state index in [1.807, 2.05) is 0 Å². The molecule has 0 spiro atoms. The van der Waals surface area contributed by atoms with E-state index in [2.05, 4.69) is 15.5 Å². The predicted molar refractivity (Wildman–Crippen MR) is 53.2 cm³/mol. The zero-order valence-corrected chi connectivity index (χ0v) is 8.64. The SMILES string of the molecule is CCNC(=O)c1ccc(OCC(=O)O)nn1. The summed E-state index contributed by atoms with van der Waals surface area (Å²) in [5.41, 5.74) is 0.157. The van der Waals surface area contributed by atoms with E-state index in [1.165, 1.54) is 12.1 Å². The predicted octanol–water partition coefficient (Wildman–Crippen LogP) is -0.310. The lowest BCUT2D eigenvalue weighted by molar-refractivity contribution is -0.139. The molecule has 1 aromatic rings. The Morgan fingerprint density at radius 3 is 2.69 bits per heavy atom. The topological polar surface area (TPSA) is 101 Å². The van der Waals surface area contributed by atoms with E-state index in [4.69, 9.17) is 9.84 Å². The van der Waals surface area contributed by atoms with Gasteiger partial charge in [0.15, 0.2) is 12.3 Å². The van der Waals surface area contributed by atoms with Crippen LogP contribution in [0.1, 0.15) is 17.4 Å². The number of carbonyl (C=O) groups is 2. The van der Waals surface area contributed by atoms with Gasteiger partial charge in [-0.2, -0.15) is 0 Å². The molecule has 0 aliphatic heterocycles. The van der Waals surface area contributed by atoms with Crippen molar-refractivity contribution in [3.63, 3.8) is 0 Å². The molecule has 0 bridgehead atoms. The van der Waals surface area contributed by atoms with Gasteiger partial charge < -0.3 is 15.2 Å². The van der Waals surface area contributed by atoms with Crippen LogP contribution in [0.2, 0.25) is 0 Å². The van der Waals surface area contributed by atoms with Gasteiger partial charge in [-0.25, -0.2) is 4.79 Å². The van der Waals surface area contributed by atoms with E-state index in [-0.39, 0.29) is 17.5 Å². The van der Waals surface area contributed by atoms with Crippen LogP contribution in [0, 0.1) is 0 Å². The van der Waals surface area contributed by atoms with Crippen LogP contribution in [0.4, 0.5) is 0 Å². The van der Waals surface area contributed by atoms with Crippen LogP contribution in [0.3, 0.4) is 0 Å². The van der Waals surface area contributed by atoms with E-state index in [0.29, 0.717) is 6.54 Å². The van der Waals surface area contributed by atoms with E-state index < -0.39 is 12.6 Å². The Morgan fingerprint density at radius 2 is 2.19 bits per heavy atom. The van der Waals surface area contributed by atoms with E-state index in [9.17, 15) is 9.59 Å². The Kier molecular flexibility index (Phi) is 4.19. The van der Waals surface area contributed by atoms with Crippen molar-refractivity contribution in [3.8, 4) is 5.88 Å². The van der Waals surface area contributed by atoms with Gasteiger partial charge in [0.2, 0.25) is 5.88 Å². The Balaban J connectivity index is 2.60. The highest BCUT2D eigenvalue weighted by atomic mass is 16.5. The van der Waals surface area contributed by atoms with Crippen LogP contribution < -0.4 is 10.1 Å². The summed E-state index contributed by atoms with van der Waals surface area (Å²) >= 11 is 0. The van der Waals surface area contributed by atoms with Crippen molar-refractivity contribution < 1.29 is 19.4 Å². The first kappa shape index (κ1) is 11.9. The van der Waals surface area contributed by atoms with Crippen molar-refractivity contribution in [2.24, 2.45) is 0 Å². The molecule has 1 heterocycles. The number of carboxylic acids is 1. The van der Waals surface area contributed by atoms with Crippen molar-refractivity contribution in [2.45, 2.75) is 6.92 Å². The molecule has 1 amide bonds. The molecule has 0 saturated heterocycles. The van der Waals surface area contributed by atoms with Crippen LogP contribution in [-0.2, 0) is 4.79 Å². The number of aromatic nitrogens is 2. The second-order valence-electron chi connectivity index (χ2n) is 2.80. The zero-order valence-electron chi connectivity index (χ0n) is 8.64. The summed E-state index contributed by atoms with van der Waals surface area (Å²) in [4.78, 5) is 21.5. The molecule has 7 nitrogen and oxygen atoms in total. The second-order valence-corrected chi connectivity index (χ2v) is 2.80. The second kappa shape index (κ2) is 5.64. The molecule has 0 fully saturated rings. The Labute approximate surface area is 91.4 Å². The fraction of sp³-hybridized carbons (Fsp3) is 0.333. The summed E-state index contributed by atoms with van der Waals surface area (Å²) < 4.78 is 4.76. The van der Waals surface area contributed by atoms with Gasteiger partial charge in [0.1, 0.15) is 0 Å². The van der Waals surface area contributed by atoms with Gasteiger partial charge in [0.05, 0.1) is 0 Å². The van der Waals surface area contributed by atoms with E-state index >= 15 is 0 Å². The largest absolute Gasteiger partial charge is 0.479 e. The lowest BCUT2D eigenvalue weighted by Gasteiger charge is -2.02. The lowest BCUT2D eigenvalue weighted by Crippen LogP contribution is -2.24. The zero-order chi connectivity index (χ0) is 12.0. The average molecular weight is 225 g/mol. The number of ether oxygens (including phenoxy) is 1. The number of aliphatic carboxylic acids is 1. The van der Waals surface area contributed by atoms with Crippen molar-refractivity contribution in [1.82, 2.24) is 15.5 Å². The first-order valence-corrected chi connectivity index (χ1v) is 4.60. The molecule has 0 aliphatic rings. The Morgan fingerprint density at radius 1 is 1.44 bits per heavy atom. The highest BCUT2D eigenvalue weighted by molar-refractivity contribution is 5.91. The quantitative estimate of drug-likeness (QED) is 0.712. The number of carboxylic acid groups (broad SMARTS) is 1. The molecule has 0 aromatic carbocycles. The molecule has 86 valence electrons. The molecule has 0 aliphatic carbocycles. The number of carbonyl (C=O) groups excluding carboxylic acids is 1. The van der Waals surface area contributed by atoms with Gasteiger partial charge in [0, 0.05) is 12.6 Å². The Hall–Kier alpha value is -2.18. The van der Waals surface area contributed by atoms with Gasteiger partial charge in [-0.3, -0.25) is 4.79 Å². The van der Waals surface area contributed by atoms with E-state index in [1.54, 1.807) is 6.92 Å². The van der Waals surface area contributed by atoms with Crippen LogP contribution in [0.15, 0.2) is 12.1 Å². The molecule has 1 aromatic heterocycles. The standard InChI is InChI=1S/C9H11N3O4/c1-2-10-9(15)6-3-4-7(12-11-6)16-5-8(13)14/h3-4H,2,5H2,1H3,(H,10,15)(H,13,14). The van der Waals surface area contributed by atoms with Crippen LogP contribution >= 0.6 is 0 Å². The van der Waals surface area contributed by atoms with Crippen molar-refractivity contribution >= 4 is 11.9 Å². The third kappa shape index (κ3) is 3.52. The third-order valence-corrected chi connectivity index (χ3v) is 1.55. The molecule has 1 rings (SSSR count). The average Bonchev–Trinajstić information content (AvgIpc) is 2.27. The monoisotopic (exact) mass is 225 g/mol. The molecule has 0 unspecified atom stereocenters. The fourth-order valence-corrected chi connectivity index (χ4v) is 0.905. The van der Waals surface area contributed by atoms with Crippen LogP contribution in [0.5, 0.6) is 5.88 Å². The van der Waals surface area contributed by atoms with Crippen LogP contribution in [-0.4, -0.2) is 40.3 Å². The summed E-state index contributed by atoms with van der Waals surface area (Å²) in [5, 5.41) is 18.1. The molecule has 2 N–H and O–H groups in total. The maximum atomic E-state index is 11.3. The maximum Gasteiger partial charge on any atom is 0.341 e. The van der Waals surface area contributed by atoms with Gasteiger partial charge in [0.25, 0.3) is 5.91 Å². The summed E-state index contributed by atoms with van der Waals surface area (Å²) in [6, 6.07) is 2.80. The first-order chi connectivity index (χ1) is 7.63. The molecule has 0 saturated carbocycles. The van der Waals surface area contributed by atoms with Crippen molar-refractivity contribution in [3.05, 3.63) is 17.8 Å². The molecule has 0 atom stereocenters. The minimum atomic E-state index is -1.10. The lowest BCUT2D eigenvalue weighted by atomic mass is 10.3. The van der Waals surface area contributed by atoms with Gasteiger partial charge in [-0.15, -0.1) is 10.2 Å². The minimum Gasteiger partial charge on any atom is -0.479 e. The summed E-state index contributed by atoms with van der Waals surface area (Å²) in [6.45, 7) is 1.79. The van der Waals surface area contributed by atoms with Crippen molar-refractivity contribution in [2.75, 3.05) is 13.2 Å². The molecular weight excluding hydrogens is 214 g/mol. The third-order valence-electron chi connectivity index (χ3n) is 1.55. The number of nitrogens with one attached hydrogen (secondary N) is 1. The van der Waals surface area contributed by atoms with Gasteiger partial charge in [-0.05, 0) is 13.0 Å². The first-order valence-electron chi connectivity index (χ1n) is 4.60. The Bertz CT molecular complexity index is 377. The number of hydrogen-bond donors (Lipinski definition) is 2. The molecule has 7 heteroatoms. The molecule has 16 heavy (non-hydrogen) atoms. The summed E-state index contributed by atoms with van der Waals surface area (Å²) in [7, 11) is 0. The normalized spacial score (nSPS) is 9.56. The highest BCUT2D eigenvalue weighted by Gasteiger charge is 2.07. The molecule has 0 radical (unpaired) electrons. The summed E-state index contributed by atoms with van der Waals surface area (Å²) in [5.74, 6) is -1.37. The van der Waals surface area contributed by atoms with Gasteiger partial charge in [-0.1, -0.05) is 0 Å². The number of nitrogens with zero attached hydrogens (tertiary/aromatic N) is 2. The minimum absolute atomic E-state index is 0.0652. The van der Waals surface area contributed by atoms with Crippen molar-refractivity contribution in [1.29, 1.82) is 0 Å². The fourth-order valence-electron chi connectivity index (χ4n) is 0.905. The van der Waals surface area contributed by atoms with Gasteiger partial charge >= 0.3 is 5.97 Å². The van der Waals surface area contributed by atoms with E-state index in [0.717, 1.165) is 0 Å². The van der Waals surface area contributed by atoms with Crippen LogP contribution in [0.25, 0.3) is 0 Å². The maximum absolute atomic E-state index is 11.3. The summed E-state index contributed by atoms with van der Waals surface area (Å²) in [6.07, 6.45) is 0. The molecular formula is C9H11N3O4. The number of amides is 1.